The van der Waals surface area contributed by atoms with E-state index in [1.807, 2.05) is 32.0 Å². The Kier molecular flexibility index (Phi) is 6.09. The zero-order valence-electron chi connectivity index (χ0n) is 17.1. The Bertz CT molecular complexity index is 1100. The first-order valence-electron chi connectivity index (χ1n) is 9.28. The molecule has 0 radical (unpaired) electrons. The molecule has 0 aliphatic carbocycles. The van der Waals surface area contributed by atoms with Gasteiger partial charge in [-0.05, 0) is 37.1 Å². The lowest BCUT2D eigenvalue weighted by atomic mass is 10.1. The van der Waals surface area contributed by atoms with Gasteiger partial charge in [0.05, 0.1) is 24.0 Å². The number of aryl methyl sites for hydroxylation is 2. The molecule has 0 atom stereocenters. The predicted octanol–water partition coefficient (Wildman–Crippen LogP) is 3.61. The van der Waals surface area contributed by atoms with Gasteiger partial charge in [0, 0.05) is 12.7 Å². The van der Waals surface area contributed by atoms with Crippen LogP contribution < -0.4 is 5.32 Å². The number of hydrogen-bond acceptors (Lipinski definition) is 4. The summed E-state index contributed by atoms with van der Waals surface area (Å²) < 4.78 is 40.6. The minimum atomic E-state index is -4.59. The quantitative estimate of drug-likeness (QED) is 0.669. The molecule has 3 aromatic rings. The normalized spacial score (nSPS) is 11.3. The number of benzene rings is 2. The number of halogens is 3. The summed E-state index contributed by atoms with van der Waals surface area (Å²) >= 11 is 0. The minimum absolute atomic E-state index is 0.181. The largest absolute Gasteiger partial charge is 0.418 e. The van der Waals surface area contributed by atoms with Gasteiger partial charge >= 0.3 is 6.18 Å². The van der Waals surface area contributed by atoms with Crippen molar-refractivity contribution in [2.45, 2.75) is 20.0 Å². The standard InChI is InChI=1S/C21H20F3N5O2/c1-13-7-6-8-14(2)19(13)25-18(30)12-28(3)20(31)16-11-29(27-26-16)17-10-5-4-9-15(17)21(22,23)24/h4-11H,12H2,1-3H3,(H,25,30). The monoisotopic (exact) mass is 431 g/mol. The van der Waals surface area contributed by atoms with Crippen LogP contribution in [0.4, 0.5) is 18.9 Å². The summed E-state index contributed by atoms with van der Waals surface area (Å²) in [7, 11) is 1.40. The molecule has 0 aliphatic rings. The fourth-order valence-corrected chi connectivity index (χ4v) is 3.07. The van der Waals surface area contributed by atoms with E-state index in [0.717, 1.165) is 33.0 Å². The molecular weight excluding hydrogens is 411 g/mol. The van der Waals surface area contributed by atoms with Gasteiger partial charge in [0.2, 0.25) is 5.91 Å². The first kappa shape index (κ1) is 22.0. The van der Waals surface area contributed by atoms with Gasteiger partial charge < -0.3 is 10.2 Å². The molecule has 0 saturated heterocycles. The summed E-state index contributed by atoms with van der Waals surface area (Å²) in [4.78, 5) is 26.1. The van der Waals surface area contributed by atoms with Crippen LogP contribution in [-0.4, -0.2) is 45.3 Å². The van der Waals surface area contributed by atoms with Crippen LogP contribution in [-0.2, 0) is 11.0 Å². The fraction of sp³-hybridized carbons (Fsp3) is 0.238. The highest BCUT2D eigenvalue weighted by Gasteiger charge is 2.34. The lowest BCUT2D eigenvalue weighted by molar-refractivity contribution is -0.137. The Hall–Kier alpha value is -3.69. The molecular formula is C21H20F3N5O2. The van der Waals surface area contributed by atoms with E-state index < -0.39 is 23.6 Å². The summed E-state index contributed by atoms with van der Waals surface area (Å²) in [5.74, 6) is -1.06. The van der Waals surface area contributed by atoms with Crippen molar-refractivity contribution in [1.29, 1.82) is 0 Å². The van der Waals surface area contributed by atoms with Gasteiger partial charge in [0.15, 0.2) is 5.69 Å². The van der Waals surface area contributed by atoms with Crippen molar-refractivity contribution >= 4 is 17.5 Å². The van der Waals surface area contributed by atoms with Crippen LogP contribution in [0.1, 0.15) is 27.2 Å². The summed E-state index contributed by atoms with van der Waals surface area (Å²) in [6.07, 6.45) is -3.48. The van der Waals surface area contributed by atoms with Crippen molar-refractivity contribution in [3.63, 3.8) is 0 Å². The van der Waals surface area contributed by atoms with Crippen LogP contribution >= 0.6 is 0 Å². The van der Waals surface area contributed by atoms with E-state index in [9.17, 15) is 22.8 Å². The first-order valence-corrected chi connectivity index (χ1v) is 9.28. The van der Waals surface area contributed by atoms with E-state index in [2.05, 4.69) is 15.6 Å². The molecule has 2 amide bonds. The van der Waals surface area contributed by atoms with E-state index in [0.29, 0.717) is 5.69 Å². The Morgan fingerprint density at radius 1 is 1.06 bits per heavy atom. The van der Waals surface area contributed by atoms with E-state index in [1.54, 1.807) is 0 Å². The van der Waals surface area contributed by atoms with Crippen LogP contribution in [0.15, 0.2) is 48.7 Å². The lowest BCUT2D eigenvalue weighted by Crippen LogP contribution is -2.35. The van der Waals surface area contributed by atoms with Crippen LogP contribution in [0, 0.1) is 13.8 Å². The van der Waals surface area contributed by atoms with Gasteiger partial charge in [-0.25, -0.2) is 4.68 Å². The molecule has 0 bridgehead atoms. The highest BCUT2D eigenvalue weighted by molar-refractivity contribution is 5.98. The van der Waals surface area contributed by atoms with E-state index >= 15 is 0 Å². The maximum Gasteiger partial charge on any atom is 0.418 e. The zero-order chi connectivity index (χ0) is 22.8. The van der Waals surface area contributed by atoms with E-state index in [1.165, 1.54) is 25.2 Å². The number of para-hydroxylation sites is 2. The van der Waals surface area contributed by atoms with Gasteiger partial charge in [0.1, 0.15) is 0 Å². The Balaban J connectivity index is 1.73. The van der Waals surface area contributed by atoms with Crippen LogP contribution in [0.25, 0.3) is 5.69 Å². The number of anilines is 1. The van der Waals surface area contributed by atoms with Gasteiger partial charge in [-0.15, -0.1) is 5.10 Å². The lowest BCUT2D eigenvalue weighted by Gasteiger charge is -2.17. The smallest absolute Gasteiger partial charge is 0.331 e. The second-order valence-electron chi connectivity index (χ2n) is 7.04. The number of hydrogen-bond donors (Lipinski definition) is 1. The molecule has 0 fully saturated rings. The molecule has 0 saturated carbocycles. The van der Waals surface area contributed by atoms with Crippen molar-refractivity contribution in [2.24, 2.45) is 0 Å². The Morgan fingerprint density at radius 2 is 1.71 bits per heavy atom. The summed E-state index contributed by atoms with van der Waals surface area (Å²) in [5.41, 5.74) is 1.10. The molecule has 7 nitrogen and oxygen atoms in total. The zero-order valence-corrected chi connectivity index (χ0v) is 17.1. The number of nitrogens with one attached hydrogen (secondary N) is 1. The first-order chi connectivity index (χ1) is 14.6. The average Bonchev–Trinajstić information content (AvgIpc) is 3.19. The number of nitrogens with zero attached hydrogens (tertiary/aromatic N) is 4. The fourth-order valence-electron chi connectivity index (χ4n) is 3.07. The predicted molar refractivity (Wildman–Crippen MR) is 108 cm³/mol. The summed E-state index contributed by atoms with van der Waals surface area (Å²) in [6, 6.07) is 10.4. The average molecular weight is 431 g/mol. The Labute approximate surface area is 176 Å². The molecule has 1 heterocycles. The number of aromatic nitrogens is 3. The highest BCUT2D eigenvalue weighted by atomic mass is 19.4. The summed E-state index contributed by atoms with van der Waals surface area (Å²) in [5, 5.41) is 10.1. The molecule has 0 aliphatic heterocycles. The topological polar surface area (TPSA) is 80.1 Å². The molecule has 3 rings (SSSR count). The third-order valence-corrected chi connectivity index (χ3v) is 4.64. The van der Waals surface area contributed by atoms with Crippen LogP contribution in [0.3, 0.4) is 0 Å². The highest BCUT2D eigenvalue weighted by Crippen LogP contribution is 2.33. The van der Waals surface area contributed by atoms with Crippen molar-refractivity contribution < 1.29 is 22.8 Å². The van der Waals surface area contributed by atoms with Crippen LogP contribution in [0.2, 0.25) is 0 Å². The maximum atomic E-state index is 13.2. The van der Waals surface area contributed by atoms with Gasteiger partial charge in [-0.3, -0.25) is 9.59 Å². The molecule has 0 spiro atoms. The van der Waals surface area contributed by atoms with Gasteiger partial charge in [0.25, 0.3) is 5.91 Å². The number of alkyl halides is 3. The molecule has 1 aromatic heterocycles. The van der Waals surface area contributed by atoms with E-state index in [-0.39, 0.29) is 17.9 Å². The van der Waals surface area contributed by atoms with E-state index in [4.69, 9.17) is 0 Å². The Morgan fingerprint density at radius 3 is 2.35 bits per heavy atom. The SMILES string of the molecule is Cc1cccc(C)c1NC(=O)CN(C)C(=O)c1cn(-c2ccccc2C(F)(F)F)nn1. The van der Waals surface area contributed by atoms with Crippen LogP contribution in [0.5, 0.6) is 0 Å². The minimum Gasteiger partial charge on any atom is -0.331 e. The number of carbonyl (C=O) groups excluding carboxylic acids is 2. The second-order valence-corrected chi connectivity index (χ2v) is 7.04. The molecule has 31 heavy (non-hydrogen) atoms. The number of amides is 2. The number of rotatable bonds is 5. The van der Waals surface area contributed by atoms with Crippen molar-refractivity contribution in [1.82, 2.24) is 19.9 Å². The number of carbonyl (C=O) groups is 2. The summed E-state index contributed by atoms with van der Waals surface area (Å²) in [6.45, 7) is 3.45. The number of likely N-dealkylation sites (N-methyl/N-ethyl adjacent to an activating group) is 1. The third-order valence-electron chi connectivity index (χ3n) is 4.64. The molecule has 1 N–H and O–H groups in total. The second kappa shape index (κ2) is 8.58. The van der Waals surface area contributed by atoms with Crippen molar-refractivity contribution in [2.75, 3.05) is 18.9 Å². The molecule has 10 heteroatoms. The molecule has 2 aromatic carbocycles. The molecule has 0 unspecified atom stereocenters. The third kappa shape index (κ3) is 4.90. The molecule has 162 valence electrons. The maximum absolute atomic E-state index is 13.2. The van der Waals surface area contributed by atoms with Crippen molar-refractivity contribution in [3.05, 3.63) is 71.0 Å². The van der Waals surface area contributed by atoms with Crippen molar-refractivity contribution in [3.8, 4) is 5.69 Å². The van der Waals surface area contributed by atoms with Gasteiger partial charge in [-0.1, -0.05) is 35.5 Å². The van der Waals surface area contributed by atoms with Gasteiger partial charge in [-0.2, -0.15) is 13.2 Å².